The van der Waals surface area contributed by atoms with Gasteiger partial charge in [0.2, 0.25) is 5.91 Å². The van der Waals surface area contributed by atoms with Crippen molar-refractivity contribution in [1.29, 1.82) is 0 Å². The second-order valence-corrected chi connectivity index (χ2v) is 5.13. The summed E-state index contributed by atoms with van der Waals surface area (Å²) in [5, 5.41) is 11.5. The first-order valence-electron chi connectivity index (χ1n) is 6.20. The Labute approximate surface area is 118 Å². The number of oxime groups is 1. The maximum absolute atomic E-state index is 12.2. The van der Waals surface area contributed by atoms with E-state index in [-0.39, 0.29) is 18.2 Å². The van der Waals surface area contributed by atoms with Gasteiger partial charge in [-0.3, -0.25) is 4.79 Å². The third-order valence-corrected chi connectivity index (χ3v) is 3.16. The molecule has 1 aromatic carbocycles. The number of rotatable bonds is 5. The summed E-state index contributed by atoms with van der Waals surface area (Å²) in [6.45, 7) is 3.72. The van der Waals surface area contributed by atoms with Crippen molar-refractivity contribution in [3.05, 3.63) is 29.8 Å². The summed E-state index contributed by atoms with van der Waals surface area (Å²) in [6.07, 6.45) is 0.280. The first-order valence-corrected chi connectivity index (χ1v) is 6.20. The lowest BCUT2D eigenvalue weighted by molar-refractivity contribution is -0.123. The van der Waals surface area contributed by atoms with Gasteiger partial charge in [-0.1, -0.05) is 5.16 Å². The maximum Gasteiger partial charge on any atom is 0.229 e. The largest absolute Gasteiger partial charge is 0.409 e. The van der Waals surface area contributed by atoms with Crippen molar-refractivity contribution in [2.45, 2.75) is 25.9 Å². The monoisotopic (exact) mass is 279 g/mol. The minimum Gasteiger partial charge on any atom is -0.409 e. The summed E-state index contributed by atoms with van der Waals surface area (Å²) < 4.78 is 5.25. The quantitative estimate of drug-likeness (QED) is 0.370. The minimum absolute atomic E-state index is 0.0334. The van der Waals surface area contributed by atoms with Crippen molar-refractivity contribution in [1.82, 2.24) is 0 Å². The van der Waals surface area contributed by atoms with Gasteiger partial charge in [0.1, 0.15) is 0 Å². The third kappa shape index (κ3) is 3.96. The van der Waals surface area contributed by atoms with Crippen LogP contribution in [-0.4, -0.2) is 36.7 Å². The van der Waals surface area contributed by atoms with Gasteiger partial charge in [0.25, 0.3) is 0 Å². The second kappa shape index (κ2) is 6.38. The minimum atomic E-state index is -0.501. The van der Waals surface area contributed by atoms with E-state index in [1.165, 1.54) is 0 Å². The highest BCUT2D eigenvalue weighted by Gasteiger charge is 2.23. The van der Waals surface area contributed by atoms with Gasteiger partial charge in [-0.2, -0.15) is 0 Å². The number of nitrogens with two attached hydrogens (primary N) is 1. The van der Waals surface area contributed by atoms with Gasteiger partial charge in [0.15, 0.2) is 5.84 Å². The molecule has 0 aromatic heterocycles. The topological polar surface area (TPSA) is 88.2 Å². The molecule has 0 bridgehead atoms. The molecule has 6 nitrogen and oxygen atoms in total. The fourth-order valence-corrected chi connectivity index (χ4v) is 1.61. The molecule has 0 saturated heterocycles. The lowest BCUT2D eigenvalue weighted by Gasteiger charge is -2.25. The number of nitrogens with zero attached hydrogens (tertiary/aromatic N) is 2. The molecule has 110 valence electrons. The molecule has 3 N–H and O–H groups in total. The van der Waals surface area contributed by atoms with E-state index < -0.39 is 5.60 Å². The fraction of sp³-hybridized carbons (Fsp3) is 0.429. The number of methoxy groups -OCH3 is 1. The van der Waals surface area contributed by atoms with E-state index in [0.29, 0.717) is 5.56 Å². The number of benzene rings is 1. The lowest BCUT2D eigenvalue weighted by Crippen LogP contribution is -2.35. The molecule has 6 heteroatoms. The van der Waals surface area contributed by atoms with Crippen LogP contribution in [0, 0.1) is 0 Å². The van der Waals surface area contributed by atoms with Gasteiger partial charge in [0, 0.05) is 25.4 Å². The van der Waals surface area contributed by atoms with Crippen LogP contribution in [-0.2, 0) is 9.53 Å². The van der Waals surface area contributed by atoms with E-state index in [2.05, 4.69) is 5.16 Å². The number of hydrogen-bond donors (Lipinski definition) is 2. The van der Waals surface area contributed by atoms with Crippen molar-refractivity contribution >= 4 is 17.4 Å². The highest BCUT2D eigenvalue weighted by atomic mass is 16.5. The zero-order valence-electron chi connectivity index (χ0n) is 12.3. The Kier molecular flexibility index (Phi) is 5.10. The van der Waals surface area contributed by atoms with Crippen LogP contribution in [0.1, 0.15) is 25.8 Å². The van der Waals surface area contributed by atoms with Gasteiger partial charge in [0.05, 0.1) is 12.0 Å². The lowest BCUT2D eigenvalue weighted by atomic mass is 10.0. The number of carbonyl (C=O) groups excluding carboxylic acids is 1. The van der Waals surface area contributed by atoms with E-state index in [9.17, 15) is 4.79 Å². The van der Waals surface area contributed by atoms with Gasteiger partial charge in [-0.05, 0) is 38.1 Å². The zero-order chi connectivity index (χ0) is 15.3. The van der Waals surface area contributed by atoms with Gasteiger partial charge < -0.3 is 20.6 Å². The summed E-state index contributed by atoms with van der Waals surface area (Å²) in [4.78, 5) is 13.7. The zero-order valence-corrected chi connectivity index (χ0v) is 12.3. The van der Waals surface area contributed by atoms with Gasteiger partial charge in [-0.25, -0.2) is 0 Å². The number of hydrogen-bond acceptors (Lipinski definition) is 4. The Morgan fingerprint density at radius 2 is 1.95 bits per heavy atom. The Hall–Kier alpha value is -2.08. The number of amides is 1. The molecule has 0 unspecified atom stereocenters. The Bertz CT molecular complexity index is 495. The molecule has 1 aromatic rings. The average molecular weight is 279 g/mol. The molecule has 0 radical (unpaired) electrons. The average Bonchev–Trinajstić information content (AvgIpc) is 2.45. The van der Waals surface area contributed by atoms with Crippen molar-refractivity contribution in [3.8, 4) is 0 Å². The number of carbonyl (C=O) groups is 1. The van der Waals surface area contributed by atoms with Crippen LogP contribution in [0.5, 0.6) is 0 Å². The van der Waals surface area contributed by atoms with Crippen LogP contribution in [0.25, 0.3) is 0 Å². The molecule has 0 aliphatic carbocycles. The van der Waals surface area contributed by atoms with E-state index in [0.717, 1.165) is 5.69 Å². The Morgan fingerprint density at radius 3 is 2.40 bits per heavy atom. The molecule has 0 fully saturated rings. The summed E-state index contributed by atoms with van der Waals surface area (Å²) in [5.74, 6) is -0.0144. The Morgan fingerprint density at radius 1 is 1.40 bits per heavy atom. The molecular formula is C14H21N3O3. The predicted molar refractivity (Wildman–Crippen MR) is 78.1 cm³/mol. The van der Waals surface area contributed by atoms with Crippen LogP contribution in [0.3, 0.4) is 0 Å². The number of amidine groups is 1. The summed E-state index contributed by atoms with van der Waals surface area (Å²) in [5.41, 5.74) is 6.31. The SMILES string of the molecule is COC(C)(C)CC(=O)N(C)c1ccc(/C(N)=N/O)cc1. The van der Waals surface area contributed by atoms with E-state index in [1.807, 2.05) is 13.8 Å². The molecule has 20 heavy (non-hydrogen) atoms. The fourth-order valence-electron chi connectivity index (χ4n) is 1.61. The van der Waals surface area contributed by atoms with Crippen LogP contribution in [0.4, 0.5) is 5.69 Å². The van der Waals surface area contributed by atoms with Gasteiger partial charge >= 0.3 is 0 Å². The summed E-state index contributed by atoms with van der Waals surface area (Å²) >= 11 is 0. The number of ether oxygens (including phenoxy) is 1. The molecule has 0 heterocycles. The van der Waals surface area contributed by atoms with Crippen LogP contribution in [0.15, 0.2) is 29.4 Å². The summed E-state index contributed by atoms with van der Waals surface area (Å²) in [6, 6.07) is 6.86. The molecule has 0 spiro atoms. The normalized spacial score (nSPS) is 12.3. The third-order valence-electron chi connectivity index (χ3n) is 3.16. The molecule has 0 atom stereocenters. The molecule has 0 saturated carbocycles. The first kappa shape index (κ1) is 16.0. The van der Waals surface area contributed by atoms with E-state index in [1.54, 1.807) is 43.3 Å². The van der Waals surface area contributed by atoms with E-state index in [4.69, 9.17) is 15.7 Å². The second-order valence-electron chi connectivity index (χ2n) is 5.13. The van der Waals surface area contributed by atoms with Crippen LogP contribution >= 0.6 is 0 Å². The highest BCUT2D eigenvalue weighted by Crippen LogP contribution is 2.19. The molecule has 0 aliphatic heterocycles. The molecule has 0 aliphatic rings. The predicted octanol–water partition coefficient (Wildman–Crippen LogP) is 1.56. The smallest absolute Gasteiger partial charge is 0.229 e. The maximum atomic E-state index is 12.2. The van der Waals surface area contributed by atoms with Crippen molar-refractivity contribution in [2.24, 2.45) is 10.9 Å². The first-order chi connectivity index (χ1) is 9.30. The molecular weight excluding hydrogens is 258 g/mol. The molecule has 1 rings (SSSR count). The van der Waals surface area contributed by atoms with Crippen molar-refractivity contribution in [3.63, 3.8) is 0 Å². The number of anilines is 1. The van der Waals surface area contributed by atoms with Crippen molar-refractivity contribution in [2.75, 3.05) is 19.1 Å². The van der Waals surface area contributed by atoms with Crippen molar-refractivity contribution < 1.29 is 14.7 Å². The summed E-state index contributed by atoms with van der Waals surface area (Å²) in [7, 11) is 3.28. The highest BCUT2D eigenvalue weighted by molar-refractivity contribution is 5.98. The standard InChI is InChI=1S/C14H21N3O3/c1-14(2,20-4)9-12(18)17(3)11-7-5-10(6-8-11)13(15)16-19/h5-8,19H,9H2,1-4H3,(H2,15,16). The van der Waals surface area contributed by atoms with Crippen LogP contribution < -0.4 is 10.6 Å². The van der Waals surface area contributed by atoms with E-state index >= 15 is 0 Å². The Balaban J connectivity index is 2.82. The van der Waals surface area contributed by atoms with Crippen LogP contribution in [0.2, 0.25) is 0 Å². The molecule has 1 amide bonds. The van der Waals surface area contributed by atoms with Gasteiger partial charge in [-0.15, -0.1) is 0 Å².